The summed E-state index contributed by atoms with van der Waals surface area (Å²) in [5.41, 5.74) is 5.96. The molecule has 0 aromatic heterocycles. The molecule has 0 spiro atoms. The Balaban J connectivity index is 2.19. The summed E-state index contributed by atoms with van der Waals surface area (Å²) in [4.78, 5) is 13.1. The quantitative estimate of drug-likeness (QED) is 0.794. The number of halogens is 2. The zero-order valence-corrected chi connectivity index (χ0v) is 16.8. The van der Waals surface area contributed by atoms with Gasteiger partial charge in [-0.15, -0.1) is 5.10 Å². The molecule has 1 aliphatic rings. The molecule has 7 heteroatoms. The second-order valence-electron chi connectivity index (χ2n) is 7.43. The number of carbonyl (C=O) groups is 1. The van der Waals surface area contributed by atoms with E-state index in [0.717, 1.165) is 29.3 Å². The number of hydrazone groups is 1. The smallest absolute Gasteiger partial charge is 0.249 e. The zero-order chi connectivity index (χ0) is 21.2. The van der Waals surface area contributed by atoms with Crippen molar-refractivity contribution in [1.29, 1.82) is 0 Å². The standard InChI is InChI=1S/C22H25F2N3O2/c1-14(2)21(28)27-22(11-6-12-25,18-8-5-4-7-15(18)3)29-20(26-27)17-13-16(23)9-10-19(17)24/h4-5,7-10,13-14H,6,11-12,25H2,1-3H3. The van der Waals surface area contributed by atoms with E-state index in [1.54, 1.807) is 13.8 Å². The van der Waals surface area contributed by atoms with Crippen molar-refractivity contribution in [1.82, 2.24) is 5.01 Å². The van der Waals surface area contributed by atoms with Crippen LogP contribution >= 0.6 is 0 Å². The van der Waals surface area contributed by atoms with Crippen molar-refractivity contribution in [2.24, 2.45) is 16.8 Å². The molecule has 1 unspecified atom stereocenters. The van der Waals surface area contributed by atoms with Crippen LogP contribution in [0.2, 0.25) is 0 Å². The van der Waals surface area contributed by atoms with E-state index in [1.165, 1.54) is 5.01 Å². The normalized spacial score (nSPS) is 18.7. The Kier molecular flexibility index (Phi) is 5.98. The predicted molar refractivity (Wildman–Crippen MR) is 107 cm³/mol. The summed E-state index contributed by atoms with van der Waals surface area (Å²) in [7, 11) is 0. The molecule has 3 rings (SSSR count). The molecular formula is C22H25F2N3O2. The highest BCUT2D eigenvalue weighted by Crippen LogP contribution is 2.43. The molecule has 5 nitrogen and oxygen atoms in total. The number of hydrogen-bond acceptors (Lipinski definition) is 4. The lowest BCUT2D eigenvalue weighted by molar-refractivity contribution is -0.156. The van der Waals surface area contributed by atoms with Crippen molar-refractivity contribution >= 4 is 11.8 Å². The van der Waals surface area contributed by atoms with Crippen LogP contribution in [0.3, 0.4) is 0 Å². The first-order chi connectivity index (χ1) is 13.8. The van der Waals surface area contributed by atoms with E-state index < -0.39 is 17.4 Å². The maximum absolute atomic E-state index is 14.4. The SMILES string of the molecule is Cc1ccccc1C1(CCCN)OC(c2cc(F)ccc2F)=NN1C(=O)C(C)C. The van der Waals surface area contributed by atoms with Crippen molar-refractivity contribution < 1.29 is 18.3 Å². The number of rotatable bonds is 6. The second kappa shape index (κ2) is 8.29. The first-order valence-corrected chi connectivity index (χ1v) is 9.63. The van der Waals surface area contributed by atoms with E-state index in [4.69, 9.17) is 10.5 Å². The van der Waals surface area contributed by atoms with Crippen LogP contribution in [0.4, 0.5) is 8.78 Å². The molecule has 1 amide bonds. The van der Waals surface area contributed by atoms with E-state index in [1.807, 2.05) is 31.2 Å². The summed E-state index contributed by atoms with van der Waals surface area (Å²) in [6, 6.07) is 10.5. The highest BCUT2D eigenvalue weighted by molar-refractivity contribution is 5.97. The number of aryl methyl sites for hydroxylation is 1. The van der Waals surface area contributed by atoms with Gasteiger partial charge in [0.05, 0.1) is 5.56 Å². The van der Waals surface area contributed by atoms with Crippen molar-refractivity contribution in [2.75, 3.05) is 6.54 Å². The van der Waals surface area contributed by atoms with Gasteiger partial charge in [0, 0.05) is 17.9 Å². The van der Waals surface area contributed by atoms with E-state index in [9.17, 15) is 13.6 Å². The fourth-order valence-electron chi connectivity index (χ4n) is 3.45. The summed E-state index contributed by atoms with van der Waals surface area (Å²) in [5, 5.41) is 5.61. The Morgan fingerprint density at radius 1 is 1.24 bits per heavy atom. The summed E-state index contributed by atoms with van der Waals surface area (Å²) < 4.78 is 34.5. The molecule has 0 radical (unpaired) electrons. The van der Waals surface area contributed by atoms with Crippen LogP contribution in [0.25, 0.3) is 0 Å². The third-order valence-corrected chi connectivity index (χ3v) is 4.95. The lowest BCUT2D eigenvalue weighted by Crippen LogP contribution is -2.47. The number of nitrogens with zero attached hydrogens (tertiary/aromatic N) is 2. The molecule has 29 heavy (non-hydrogen) atoms. The Labute approximate surface area is 169 Å². The van der Waals surface area contributed by atoms with E-state index >= 15 is 0 Å². The largest absolute Gasteiger partial charge is 0.443 e. The van der Waals surface area contributed by atoms with Crippen molar-refractivity contribution in [3.8, 4) is 0 Å². The Hall–Kier alpha value is -2.80. The minimum atomic E-state index is -1.28. The molecule has 2 aromatic carbocycles. The topological polar surface area (TPSA) is 67.9 Å². The van der Waals surface area contributed by atoms with Crippen LogP contribution in [0.1, 0.15) is 43.4 Å². The Morgan fingerprint density at radius 2 is 1.97 bits per heavy atom. The lowest BCUT2D eigenvalue weighted by Gasteiger charge is -2.37. The molecule has 0 fully saturated rings. The van der Waals surface area contributed by atoms with E-state index in [-0.39, 0.29) is 23.3 Å². The molecule has 154 valence electrons. The second-order valence-corrected chi connectivity index (χ2v) is 7.43. The fourth-order valence-corrected chi connectivity index (χ4v) is 3.45. The van der Waals surface area contributed by atoms with Gasteiger partial charge in [-0.05, 0) is 43.7 Å². The van der Waals surface area contributed by atoms with E-state index in [0.29, 0.717) is 19.4 Å². The van der Waals surface area contributed by atoms with Gasteiger partial charge in [0.1, 0.15) is 11.6 Å². The highest BCUT2D eigenvalue weighted by Gasteiger charge is 2.50. The van der Waals surface area contributed by atoms with E-state index in [2.05, 4.69) is 5.10 Å². The number of carbonyl (C=O) groups excluding carboxylic acids is 1. The predicted octanol–water partition coefficient (Wildman–Crippen LogP) is 4.04. The van der Waals surface area contributed by atoms with Gasteiger partial charge in [0.15, 0.2) is 0 Å². The third kappa shape index (κ3) is 3.87. The molecule has 0 aliphatic carbocycles. The average Bonchev–Trinajstić information content (AvgIpc) is 3.08. The average molecular weight is 401 g/mol. The van der Waals surface area contributed by atoms with Crippen LogP contribution in [-0.4, -0.2) is 23.4 Å². The molecule has 2 aromatic rings. The van der Waals surface area contributed by atoms with Gasteiger partial charge in [-0.25, -0.2) is 8.78 Å². The number of ether oxygens (including phenoxy) is 1. The number of hydrogen-bond donors (Lipinski definition) is 1. The summed E-state index contributed by atoms with van der Waals surface area (Å²) in [6.45, 7) is 5.79. The molecular weight excluding hydrogens is 376 g/mol. The third-order valence-electron chi connectivity index (χ3n) is 4.95. The first kappa shape index (κ1) is 20.9. The maximum atomic E-state index is 14.4. The highest BCUT2D eigenvalue weighted by atomic mass is 19.1. The van der Waals surface area contributed by atoms with Crippen molar-refractivity contribution in [3.05, 3.63) is 70.8 Å². The number of amides is 1. The minimum Gasteiger partial charge on any atom is -0.443 e. The fraction of sp³-hybridized carbons (Fsp3) is 0.364. The van der Waals surface area contributed by atoms with Crippen LogP contribution in [0, 0.1) is 24.5 Å². The van der Waals surface area contributed by atoms with Gasteiger partial charge in [0.2, 0.25) is 17.5 Å². The first-order valence-electron chi connectivity index (χ1n) is 9.63. The zero-order valence-electron chi connectivity index (χ0n) is 16.8. The van der Waals surface area contributed by atoms with Gasteiger partial charge >= 0.3 is 0 Å². The molecule has 0 bridgehead atoms. The maximum Gasteiger partial charge on any atom is 0.249 e. The molecule has 0 saturated carbocycles. The molecule has 1 atom stereocenters. The molecule has 1 heterocycles. The van der Waals surface area contributed by atoms with Gasteiger partial charge in [0.25, 0.3) is 0 Å². The molecule has 0 saturated heterocycles. The van der Waals surface area contributed by atoms with Gasteiger partial charge in [-0.2, -0.15) is 5.01 Å². The van der Waals surface area contributed by atoms with Gasteiger partial charge in [-0.3, -0.25) is 4.79 Å². The molecule has 1 aliphatic heterocycles. The van der Waals surface area contributed by atoms with Crippen LogP contribution < -0.4 is 5.73 Å². The summed E-state index contributed by atoms with van der Waals surface area (Å²) in [6.07, 6.45) is 0.904. The van der Waals surface area contributed by atoms with Crippen molar-refractivity contribution in [3.63, 3.8) is 0 Å². The Morgan fingerprint density at radius 3 is 2.62 bits per heavy atom. The van der Waals surface area contributed by atoms with Crippen LogP contribution in [0.15, 0.2) is 47.6 Å². The van der Waals surface area contributed by atoms with Gasteiger partial charge in [-0.1, -0.05) is 38.1 Å². The van der Waals surface area contributed by atoms with Gasteiger partial charge < -0.3 is 10.5 Å². The monoisotopic (exact) mass is 401 g/mol. The molecule has 2 N–H and O–H groups in total. The van der Waals surface area contributed by atoms with Crippen LogP contribution in [-0.2, 0) is 15.3 Å². The minimum absolute atomic E-state index is 0.128. The van der Waals surface area contributed by atoms with Crippen molar-refractivity contribution in [2.45, 2.75) is 39.3 Å². The summed E-state index contributed by atoms with van der Waals surface area (Å²) >= 11 is 0. The summed E-state index contributed by atoms with van der Waals surface area (Å²) in [5.74, 6) is -2.08. The van der Waals surface area contributed by atoms with Crippen LogP contribution in [0.5, 0.6) is 0 Å². The number of benzene rings is 2. The lowest BCUT2D eigenvalue weighted by atomic mass is 9.92. The number of nitrogens with two attached hydrogens (primary N) is 1. The Bertz CT molecular complexity index is 945.